The Balaban J connectivity index is 1.40. The highest BCUT2D eigenvalue weighted by molar-refractivity contribution is 7.21. The van der Waals surface area contributed by atoms with Crippen LogP contribution in [0.25, 0.3) is 10.1 Å². The highest BCUT2D eigenvalue weighted by Crippen LogP contribution is 2.35. The molecule has 2 amide bonds. The van der Waals surface area contributed by atoms with Crippen LogP contribution in [-0.4, -0.2) is 29.8 Å². The lowest BCUT2D eigenvalue weighted by Gasteiger charge is -2.26. The number of amides is 2. The van der Waals surface area contributed by atoms with Crippen LogP contribution in [0.1, 0.15) is 44.9 Å². The van der Waals surface area contributed by atoms with Crippen molar-refractivity contribution in [3.8, 4) is 0 Å². The molecule has 1 saturated heterocycles. The Morgan fingerprint density at radius 2 is 1.79 bits per heavy atom. The number of likely N-dealkylation sites (tertiary alicyclic amines) is 1. The van der Waals surface area contributed by atoms with E-state index in [1.807, 2.05) is 17.0 Å². The normalized spacial score (nSPS) is 14.2. The minimum absolute atomic E-state index is 0.0598. The molecule has 150 valence electrons. The zero-order valence-electron chi connectivity index (χ0n) is 15.7. The smallest absolute Gasteiger partial charge is 0.263 e. The third kappa shape index (κ3) is 4.28. The summed E-state index contributed by atoms with van der Waals surface area (Å²) in [5, 5.41) is 3.85. The number of hydrogen-bond donors (Lipinski definition) is 1. The van der Waals surface area contributed by atoms with Gasteiger partial charge in [-0.25, -0.2) is 4.39 Å². The molecule has 1 N–H and O–H groups in total. The maximum absolute atomic E-state index is 13.4. The van der Waals surface area contributed by atoms with E-state index in [0.717, 1.165) is 31.5 Å². The molecule has 0 saturated carbocycles. The summed E-state index contributed by atoms with van der Waals surface area (Å²) in [5.74, 6) is -0.601. The molecule has 4 nitrogen and oxygen atoms in total. The van der Waals surface area contributed by atoms with Crippen LogP contribution in [0, 0.1) is 5.82 Å². The predicted molar refractivity (Wildman–Crippen MR) is 114 cm³/mol. The van der Waals surface area contributed by atoms with Crippen molar-refractivity contribution in [2.75, 3.05) is 13.1 Å². The number of carbonyl (C=O) groups excluding carboxylic acids is 2. The van der Waals surface area contributed by atoms with Gasteiger partial charge in [-0.15, -0.1) is 11.3 Å². The van der Waals surface area contributed by atoms with Crippen LogP contribution in [0.2, 0.25) is 5.02 Å². The van der Waals surface area contributed by atoms with E-state index in [9.17, 15) is 14.0 Å². The Kier molecular flexibility index (Phi) is 5.83. The van der Waals surface area contributed by atoms with Gasteiger partial charge in [0, 0.05) is 35.3 Å². The Bertz CT molecular complexity index is 1060. The van der Waals surface area contributed by atoms with E-state index in [1.165, 1.54) is 29.9 Å². The molecule has 1 aromatic heterocycles. The lowest BCUT2D eigenvalue weighted by atomic mass is 10.1. The summed E-state index contributed by atoms with van der Waals surface area (Å²) < 4.78 is 14.0. The van der Waals surface area contributed by atoms with Gasteiger partial charge in [0.2, 0.25) is 0 Å². The highest BCUT2D eigenvalue weighted by atomic mass is 35.5. The van der Waals surface area contributed by atoms with Gasteiger partial charge in [-0.2, -0.15) is 0 Å². The second-order valence-electron chi connectivity index (χ2n) is 7.12. The second kappa shape index (κ2) is 8.51. The quantitative estimate of drug-likeness (QED) is 0.614. The van der Waals surface area contributed by atoms with E-state index in [4.69, 9.17) is 11.6 Å². The number of thiophene rings is 1. The van der Waals surface area contributed by atoms with Gasteiger partial charge in [-0.3, -0.25) is 9.59 Å². The molecule has 4 rings (SSSR count). The lowest BCUT2D eigenvalue weighted by Crippen LogP contribution is -2.35. The average molecular weight is 431 g/mol. The minimum atomic E-state index is -0.360. The van der Waals surface area contributed by atoms with Crippen LogP contribution >= 0.6 is 22.9 Å². The first-order valence-electron chi connectivity index (χ1n) is 9.57. The molecular formula is C22H20ClFN2O2S. The van der Waals surface area contributed by atoms with Gasteiger partial charge in [-0.05, 0) is 55.2 Å². The van der Waals surface area contributed by atoms with Gasteiger partial charge in [-0.1, -0.05) is 23.7 Å². The standard InChI is InChI=1S/C22H20ClFN2O2S/c23-19-17-9-8-16(24)12-18(17)29-20(19)21(27)25-13-14-4-6-15(7-5-14)22(28)26-10-2-1-3-11-26/h4-9,12H,1-3,10-11,13H2,(H,25,27). The van der Waals surface area contributed by atoms with Crippen molar-refractivity contribution in [2.24, 2.45) is 0 Å². The summed E-state index contributed by atoms with van der Waals surface area (Å²) in [4.78, 5) is 27.3. The Labute approximate surface area is 177 Å². The molecule has 0 bridgehead atoms. The van der Waals surface area contributed by atoms with Gasteiger partial charge in [0.15, 0.2) is 0 Å². The van der Waals surface area contributed by atoms with Crippen LogP contribution in [0.5, 0.6) is 0 Å². The van der Waals surface area contributed by atoms with E-state index < -0.39 is 0 Å². The summed E-state index contributed by atoms with van der Waals surface area (Å²) in [7, 11) is 0. The Morgan fingerprint density at radius 1 is 1.07 bits per heavy atom. The number of carbonyl (C=O) groups is 2. The highest BCUT2D eigenvalue weighted by Gasteiger charge is 2.19. The number of nitrogens with one attached hydrogen (secondary N) is 1. The van der Waals surface area contributed by atoms with Crippen LogP contribution in [0.4, 0.5) is 4.39 Å². The number of rotatable bonds is 4. The SMILES string of the molecule is O=C(NCc1ccc(C(=O)N2CCCCC2)cc1)c1sc2cc(F)ccc2c1Cl. The molecule has 0 radical (unpaired) electrons. The second-order valence-corrected chi connectivity index (χ2v) is 8.55. The number of benzene rings is 2. The monoisotopic (exact) mass is 430 g/mol. The third-order valence-corrected chi connectivity index (χ3v) is 6.75. The number of fused-ring (bicyclic) bond motifs is 1. The molecule has 1 aliphatic rings. The summed E-state index contributed by atoms with van der Waals surface area (Å²) in [6, 6.07) is 11.6. The maximum atomic E-state index is 13.4. The number of nitrogens with zero attached hydrogens (tertiary/aromatic N) is 1. The van der Waals surface area contributed by atoms with Crippen molar-refractivity contribution in [1.82, 2.24) is 10.2 Å². The van der Waals surface area contributed by atoms with Crippen LogP contribution in [0.3, 0.4) is 0 Å². The fraction of sp³-hybridized carbons (Fsp3) is 0.273. The minimum Gasteiger partial charge on any atom is -0.347 e. The number of halogens is 2. The fourth-order valence-electron chi connectivity index (χ4n) is 3.49. The summed E-state index contributed by atoms with van der Waals surface area (Å²) in [5.41, 5.74) is 1.55. The van der Waals surface area contributed by atoms with Crippen LogP contribution in [0.15, 0.2) is 42.5 Å². The average Bonchev–Trinajstić information content (AvgIpc) is 3.08. The van der Waals surface area contributed by atoms with Crippen LogP contribution in [-0.2, 0) is 6.54 Å². The molecule has 1 fully saturated rings. The van der Waals surface area contributed by atoms with Crippen molar-refractivity contribution in [1.29, 1.82) is 0 Å². The molecule has 0 spiro atoms. The van der Waals surface area contributed by atoms with Gasteiger partial charge in [0.1, 0.15) is 10.7 Å². The van der Waals surface area contributed by atoms with Gasteiger partial charge < -0.3 is 10.2 Å². The van der Waals surface area contributed by atoms with Crippen molar-refractivity contribution < 1.29 is 14.0 Å². The maximum Gasteiger partial charge on any atom is 0.263 e. The van der Waals surface area contributed by atoms with E-state index in [0.29, 0.717) is 32.1 Å². The van der Waals surface area contributed by atoms with Gasteiger partial charge >= 0.3 is 0 Å². The van der Waals surface area contributed by atoms with Crippen molar-refractivity contribution in [3.05, 3.63) is 69.3 Å². The molecule has 29 heavy (non-hydrogen) atoms. The molecule has 2 heterocycles. The zero-order valence-corrected chi connectivity index (χ0v) is 17.3. The summed E-state index contributed by atoms with van der Waals surface area (Å²) in [6.45, 7) is 1.95. The van der Waals surface area contributed by atoms with Crippen LogP contribution < -0.4 is 5.32 Å². The first-order chi connectivity index (χ1) is 14.0. The van der Waals surface area contributed by atoms with E-state index in [2.05, 4.69) is 5.32 Å². The predicted octanol–water partition coefficient (Wildman–Crippen LogP) is 5.25. The molecule has 0 unspecified atom stereocenters. The molecule has 7 heteroatoms. The molecule has 3 aromatic rings. The lowest BCUT2D eigenvalue weighted by molar-refractivity contribution is 0.0724. The van der Waals surface area contributed by atoms with E-state index >= 15 is 0 Å². The molecule has 2 aromatic carbocycles. The van der Waals surface area contributed by atoms with Crippen molar-refractivity contribution in [3.63, 3.8) is 0 Å². The fourth-order valence-corrected chi connectivity index (χ4v) is 4.95. The largest absolute Gasteiger partial charge is 0.347 e. The Hall–Kier alpha value is -2.44. The summed E-state index contributed by atoms with van der Waals surface area (Å²) >= 11 is 7.47. The summed E-state index contributed by atoms with van der Waals surface area (Å²) in [6.07, 6.45) is 3.30. The van der Waals surface area contributed by atoms with Gasteiger partial charge in [0.25, 0.3) is 11.8 Å². The molecule has 1 aliphatic heterocycles. The van der Waals surface area contributed by atoms with E-state index in [-0.39, 0.29) is 17.6 Å². The van der Waals surface area contributed by atoms with Crippen molar-refractivity contribution in [2.45, 2.75) is 25.8 Å². The topological polar surface area (TPSA) is 49.4 Å². The first kappa shape index (κ1) is 19.9. The first-order valence-corrected chi connectivity index (χ1v) is 10.8. The van der Waals surface area contributed by atoms with Gasteiger partial charge in [0.05, 0.1) is 5.02 Å². The number of hydrogen-bond acceptors (Lipinski definition) is 3. The van der Waals surface area contributed by atoms with E-state index in [1.54, 1.807) is 18.2 Å². The molecule has 0 aliphatic carbocycles. The molecule has 0 atom stereocenters. The molecular weight excluding hydrogens is 411 g/mol. The Morgan fingerprint density at radius 3 is 2.52 bits per heavy atom. The van der Waals surface area contributed by atoms with Crippen molar-refractivity contribution >= 4 is 44.8 Å². The number of piperidine rings is 1. The third-order valence-electron chi connectivity index (χ3n) is 5.09. The zero-order chi connectivity index (χ0) is 20.4.